The van der Waals surface area contributed by atoms with Crippen LogP contribution in [0.3, 0.4) is 0 Å². The number of primary amides is 1. The molecule has 4 N–H and O–H groups in total. The van der Waals surface area contributed by atoms with Crippen molar-refractivity contribution >= 4 is 52.0 Å². The molecule has 0 aliphatic carbocycles. The molecule has 0 saturated carbocycles. The van der Waals surface area contributed by atoms with Gasteiger partial charge in [0.25, 0.3) is 5.91 Å². The van der Waals surface area contributed by atoms with Gasteiger partial charge in [0.15, 0.2) is 0 Å². The highest BCUT2D eigenvalue weighted by Crippen LogP contribution is 2.31. The summed E-state index contributed by atoms with van der Waals surface area (Å²) in [7, 11) is 0. The predicted octanol–water partition coefficient (Wildman–Crippen LogP) is 3.01. The van der Waals surface area contributed by atoms with Gasteiger partial charge in [-0.25, -0.2) is 24.5 Å². The number of alkyl carbamates (subject to hydrolysis) is 1. The molecule has 31 heavy (non-hydrogen) atoms. The van der Waals surface area contributed by atoms with Gasteiger partial charge in [-0.2, -0.15) is 0 Å². The number of rotatable bonds is 7. The van der Waals surface area contributed by atoms with Gasteiger partial charge in [-0.05, 0) is 20.8 Å². The number of carbonyl (C=O) groups excluding carboxylic acids is 2. The summed E-state index contributed by atoms with van der Waals surface area (Å²) in [4.78, 5) is 47.8. The Morgan fingerprint density at radius 3 is 2.29 bits per heavy atom. The Kier molecular flexibility index (Phi) is 6.67. The van der Waals surface area contributed by atoms with Gasteiger partial charge in [-0.3, -0.25) is 4.79 Å². The van der Waals surface area contributed by atoms with E-state index in [9.17, 15) is 19.5 Å². The third kappa shape index (κ3) is 6.06. The highest BCUT2D eigenvalue weighted by molar-refractivity contribution is 7.16. The van der Waals surface area contributed by atoms with Crippen molar-refractivity contribution in [3.05, 3.63) is 26.8 Å². The van der Waals surface area contributed by atoms with E-state index in [2.05, 4.69) is 20.3 Å². The van der Waals surface area contributed by atoms with Gasteiger partial charge < -0.3 is 20.9 Å². The van der Waals surface area contributed by atoms with Crippen molar-refractivity contribution in [2.24, 2.45) is 5.73 Å². The topological polar surface area (TPSA) is 157 Å². The molecular formula is C18H19N5O5S3. The Labute approximate surface area is 189 Å². The summed E-state index contributed by atoms with van der Waals surface area (Å²) in [5.74, 6) is -1.79. The first-order valence-corrected chi connectivity index (χ1v) is 11.5. The second-order valence-corrected chi connectivity index (χ2v) is 9.97. The Morgan fingerprint density at radius 2 is 1.68 bits per heavy atom. The standard InChI is InChI=1S/C18H19N5O5S3/c1-18(2,3)28-17(27)23-8(16(25)26)4-12-20-10(6-29-12)14-22-11(7-31-14)15-21-9(5-30-15)13(19)24/h5-8H,4H2,1-3H3,(H2,19,24)(H,23,27)(H,25,26)/t8-/m0/s1. The Hall–Kier alpha value is -2.90. The van der Waals surface area contributed by atoms with Crippen molar-refractivity contribution in [3.8, 4) is 21.4 Å². The van der Waals surface area contributed by atoms with Gasteiger partial charge in [0.1, 0.15) is 38.7 Å². The van der Waals surface area contributed by atoms with Crippen LogP contribution in [0, 0.1) is 0 Å². The summed E-state index contributed by atoms with van der Waals surface area (Å²) in [6.07, 6.45) is -0.800. The van der Waals surface area contributed by atoms with Crippen LogP contribution in [0.15, 0.2) is 16.1 Å². The fourth-order valence-corrected chi connectivity index (χ4v) is 4.83. The molecule has 0 aromatic carbocycles. The average Bonchev–Trinajstić information content (AvgIpc) is 3.39. The molecule has 164 valence electrons. The molecule has 10 nitrogen and oxygen atoms in total. The summed E-state index contributed by atoms with van der Waals surface area (Å²) in [5.41, 5.74) is 5.86. The Morgan fingerprint density at radius 1 is 1.06 bits per heavy atom. The lowest BCUT2D eigenvalue weighted by molar-refractivity contribution is -0.139. The van der Waals surface area contributed by atoms with E-state index in [1.807, 2.05) is 0 Å². The number of carboxylic acid groups (broad SMARTS) is 1. The number of carbonyl (C=O) groups is 3. The Bertz CT molecular complexity index is 1110. The van der Waals surface area contributed by atoms with E-state index in [4.69, 9.17) is 10.5 Å². The van der Waals surface area contributed by atoms with E-state index < -0.39 is 29.6 Å². The number of ether oxygens (including phenoxy) is 1. The molecule has 3 aromatic rings. The predicted molar refractivity (Wildman–Crippen MR) is 117 cm³/mol. The number of hydrogen-bond acceptors (Lipinski definition) is 10. The monoisotopic (exact) mass is 481 g/mol. The number of carboxylic acids is 1. The number of amides is 2. The first kappa shape index (κ1) is 22.8. The molecule has 0 spiro atoms. The fraction of sp³-hybridized carbons (Fsp3) is 0.333. The lowest BCUT2D eigenvalue weighted by atomic mass is 10.2. The molecule has 0 unspecified atom stereocenters. The van der Waals surface area contributed by atoms with E-state index in [0.717, 1.165) is 0 Å². The van der Waals surface area contributed by atoms with Gasteiger partial charge in [0, 0.05) is 22.6 Å². The van der Waals surface area contributed by atoms with Crippen LogP contribution in [-0.4, -0.2) is 49.7 Å². The average molecular weight is 482 g/mol. The van der Waals surface area contributed by atoms with Gasteiger partial charge in [-0.15, -0.1) is 34.0 Å². The fourth-order valence-electron chi connectivity index (χ4n) is 2.32. The molecule has 3 aromatic heterocycles. The summed E-state index contributed by atoms with van der Waals surface area (Å²) in [5, 5.41) is 18.6. The highest BCUT2D eigenvalue weighted by Gasteiger charge is 2.25. The van der Waals surface area contributed by atoms with Gasteiger partial charge in [0.05, 0.1) is 5.01 Å². The quantitative estimate of drug-likeness (QED) is 0.465. The van der Waals surface area contributed by atoms with Crippen molar-refractivity contribution in [2.75, 3.05) is 0 Å². The molecule has 0 radical (unpaired) electrons. The minimum Gasteiger partial charge on any atom is -0.480 e. The van der Waals surface area contributed by atoms with Crippen molar-refractivity contribution in [1.82, 2.24) is 20.3 Å². The van der Waals surface area contributed by atoms with Crippen LogP contribution in [0.25, 0.3) is 21.4 Å². The number of thiazole rings is 3. The van der Waals surface area contributed by atoms with Gasteiger partial charge in [-0.1, -0.05) is 0 Å². The maximum Gasteiger partial charge on any atom is 0.408 e. The summed E-state index contributed by atoms with van der Waals surface area (Å²) in [6.45, 7) is 5.08. The largest absolute Gasteiger partial charge is 0.480 e. The molecule has 3 rings (SSSR count). The molecule has 3 heterocycles. The number of nitrogens with zero attached hydrogens (tertiary/aromatic N) is 3. The third-order valence-electron chi connectivity index (χ3n) is 3.62. The smallest absolute Gasteiger partial charge is 0.408 e. The lowest BCUT2D eigenvalue weighted by Gasteiger charge is -2.21. The molecule has 0 fully saturated rings. The lowest BCUT2D eigenvalue weighted by Crippen LogP contribution is -2.44. The van der Waals surface area contributed by atoms with Crippen LogP contribution < -0.4 is 11.1 Å². The van der Waals surface area contributed by atoms with Crippen LogP contribution in [0.4, 0.5) is 4.79 Å². The number of nitrogens with two attached hydrogens (primary N) is 1. The molecule has 0 saturated heterocycles. The number of nitrogens with one attached hydrogen (secondary N) is 1. The van der Waals surface area contributed by atoms with Crippen molar-refractivity contribution in [3.63, 3.8) is 0 Å². The first-order chi connectivity index (χ1) is 14.5. The summed E-state index contributed by atoms with van der Waals surface area (Å²) in [6, 6.07) is -1.18. The van der Waals surface area contributed by atoms with Crippen LogP contribution in [0.1, 0.15) is 36.3 Å². The van der Waals surface area contributed by atoms with E-state index in [1.54, 1.807) is 36.9 Å². The maximum atomic E-state index is 11.9. The van der Waals surface area contributed by atoms with E-state index in [0.29, 0.717) is 26.4 Å². The van der Waals surface area contributed by atoms with Crippen molar-refractivity contribution in [1.29, 1.82) is 0 Å². The zero-order valence-corrected chi connectivity index (χ0v) is 19.2. The molecule has 0 bridgehead atoms. The molecule has 13 heteroatoms. The minimum absolute atomic E-state index is 0.00588. The van der Waals surface area contributed by atoms with Crippen molar-refractivity contribution in [2.45, 2.75) is 38.8 Å². The van der Waals surface area contributed by atoms with E-state index in [-0.39, 0.29) is 12.1 Å². The van der Waals surface area contributed by atoms with Crippen LogP contribution in [0.5, 0.6) is 0 Å². The van der Waals surface area contributed by atoms with Crippen molar-refractivity contribution < 1.29 is 24.2 Å². The molecule has 0 aliphatic heterocycles. The molecule has 0 aliphatic rings. The second kappa shape index (κ2) is 9.08. The number of aliphatic carboxylic acids is 1. The Balaban J connectivity index is 1.70. The minimum atomic E-state index is -1.19. The van der Waals surface area contributed by atoms with E-state index in [1.165, 1.54) is 34.0 Å². The second-order valence-electron chi connectivity index (χ2n) is 7.31. The van der Waals surface area contributed by atoms with Gasteiger partial charge >= 0.3 is 12.1 Å². The van der Waals surface area contributed by atoms with E-state index >= 15 is 0 Å². The first-order valence-electron chi connectivity index (χ1n) is 8.90. The molecule has 1 atom stereocenters. The molecule has 2 amide bonds. The summed E-state index contributed by atoms with van der Waals surface area (Å²) < 4.78 is 5.12. The van der Waals surface area contributed by atoms with Gasteiger partial charge in [0.2, 0.25) is 0 Å². The maximum absolute atomic E-state index is 11.9. The zero-order chi connectivity index (χ0) is 22.8. The SMILES string of the molecule is CC(C)(C)OC(=O)N[C@@H](Cc1nc(-c2nc(-c3nc(C(N)=O)cs3)cs2)cs1)C(=O)O. The number of hydrogen-bond donors (Lipinski definition) is 3. The highest BCUT2D eigenvalue weighted by atomic mass is 32.1. The van der Waals surface area contributed by atoms with Crippen LogP contribution in [0.2, 0.25) is 0 Å². The number of aromatic nitrogens is 3. The summed E-state index contributed by atoms with van der Waals surface area (Å²) >= 11 is 3.88. The normalized spacial score (nSPS) is 12.4. The third-order valence-corrected chi connectivity index (χ3v) is 6.22. The molecular weight excluding hydrogens is 462 g/mol. The zero-order valence-electron chi connectivity index (χ0n) is 16.7. The van der Waals surface area contributed by atoms with Crippen LogP contribution >= 0.6 is 34.0 Å². The van der Waals surface area contributed by atoms with Crippen LogP contribution in [-0.2, 0) is 16.0 Å².